The molecule has 38 heavy (non-hydrogen) atoms. The third kappa shape index (κ3) is 5.62. The third-order valence-corrected chi connectivity index (χ3v) is 8.63. The van der Waals surface area contributed by atoms with Gasteiger partial charge in [-0.15, -0.1) is 0 Å². The molecule has 1 amide bonds. The van der Waals surface area contributed by atoms with Crippen LogP contribution >= 0.6 is 0 Å². The van der Waals surface area contributed by atoms with Crippen molar-refractivity contribution in [1.29, 1.82) is 0 Å². The van der Waals surface area contributed by atoms with Crippen molar-refractivity contribution < 1.29 is 4.79 Å². The third-order valence-electron chi connectivity index (χ3n) is 8.63. The molecule has 2 aliphatic carbocycles. The summed E-state index contributed by atoms with van der Waals surface area (Å²) in [6.45, 7) is 1.50. The van der Waals surface area contributed by atoms with Crippen LogP contribution in [-0.4, -0.2) is 61.5 Å². The van der Waals surface area contributed by atoms with E-state index in [1.165, 1.54) is 25.7 Å². The number of nitrogens with zero attached hydrogens (tertiary/aromatic N) is 5. The predicted octanol–water partition coefficient (Wildman–Crippen LogP) is 4.27. The van der Waals surface area contributed by atoms with Gasteiger partial charge in [0.25, 0.3) is 0 Å². The van der Waals surface area contributed by atoms with Crippen LogP contribution in [0.2, 0.25) is 0 Å². The zero-order valence-corrected chi connectivity index (χ0v) is 22.2. The molecule has 6 rings (SSSR count). The van der Waals surface area contributed by atoms with Crippen molar-refractivity contribution >= 4 is 28.8 Å². The highest BCUT2D eigenvalue weighted by Crippen LogP contribution is 2.34. The zero-order valence-electron chi connectivity index (χ0n) is 22.2. The van der Waals surface area contributed by atoms with Crippen LogP contribution in [0.1, 0.15) is 75.8 Å². The molecule has 9 nitrogen and oxygen atoms in total. The van der Waals surface area contributed by atoms with Crippen LogP contribution in [0.5, 0.6) is 0 Å². The van der Waals surface area contributed by atoms with E-state index < -0.39 is 0 Å². The number of aromatic nitrogens is 4. The number of amides is 1. The van der Waals surface area contributed by atoms with Crippen molar-refractivity contribution in [2.24, 2.45) is 5.73 Å². The van der Waals surface area contributed by atoms with Crippen molar-refractivity contribution in [2.45, 2.75) is 94.8 Å². The molecule has 3 heterocycles. The van der Waals surface area contributed by atoms with E-state index in [1.54, 1.807) is 0 Å². The van der Waals surface area contributed by atoms with E-state index >= 15 is 0 Å². The molecule has 9 heteroatoms. The van der Waals surface area contributed by atoms with Gasteiger partial charge in [-0.1, -0.05) is 43.2 Å². The summed E-state index contributed by atoms with van der Waals surface area (Å²) < 4.78 is 2.27. The smallest absolute Gasteiger partial charge is 0.227 e. The maximum atomic E-state index is 12.8. The normalized spacial score (nSPS) is 23.1. The highest BCUT2D eigenvalue weighted by atomic mass is 16.2. The Morgan fingerprint density at radius 3 is 2.34 bits per heavy atom. The number of fused-ring (bicyclic) bond motifs is 1. The number of piperidine rings is 1. The van der Waals surface area contributed by atoms with Gasteiger partial charge in [0.05, 0.1) is 12.7 Å². The average Bonchev–Trinajstić information content (AvgIpc) is 3.61. The fraction of sp³-hybridized carbons (Fsp3) is 0.586. The van der Waals surface area contributed by atoms with E-state index in [4.69, 9.17) is 20.7 Å². The Bertz CT molecular complexity index is 1220. The minimum Gasteiger partial charge on any atom is -0.365 e. The first-order valence-corrected chi connectivity index (χ1v) is 14.5. The number of carbonyl (C=O) groups is 1. The van der Waals surface area contributed by atoms with Crippen LogP contribution < -0.4 is 16.4 Å². The lowest BCUT2D eigenvalue weighted by molar-refractivity contribution is -0.131. The lowest BCUT2D eigenvalue weighted by Crippen LogP contribution is -2.43. The Hall–Kier alpha value is -3.20. The van der Waals surface area contributed by atoms with Gasteiger partial charge >= 0.3 is 0 Å². The van der Waals surface area contributed by atoms with Gasteiger partial charge < -0.3 is 25.8 Å². The number of carbonyl (C=O) groups excluding carboxylic acids is 1. The molecule has 1 aliphatic heterocycles. The van der Waals surface area contributed by atoms with E-state index in [1.807, 2.05) is 41.6 Å². The number of nitrogens with two attached hydrogens (primary N) is 1. The molecule has 1 saturated heterocycles. The molecule has 0 spiro atoms. The maximum absolute atomic E-state index is 12.8. The summed E-state index contributed by atoms with van der Waals surface area (Å²) in [4.78, 5) is 29.5. The summed E-state index contributed by atoms with van der Waals surface area (Å²) in [7, 11) is 0. The largest absolute Gasteiger partial charge is 0.365 e. The van der Waals surface area contributed by atoms with Crippen LogP contribution in [0, 0.1) is 0 Å². The molecule has 3 aromatic rings. The van der Waals surface area contributed by atoms with Gasteiger partial charge in [-0.3, -0.25) is 4.79 Å². The van der Waals surface area contributed by atoms with Crippen LogP contribution in [0.3, 0.4) is 0 Å². The predicted molar refractivity (Wildman–Crippen MR) is 150 cm³/mol. The summed E-state index contributed by atoms with van der Waals surface area (Å²) in [5.41, 5.74) is 8.96. The Labute approximate surface area is 224 Å². The standard InChI is InChI=1S/C29H40N8O/c30-21-10-12-22(13-11-21)33-29-34-27(26-28(35-29)37(19-31-26)24-8-4-5-9-24)32-23-14-16-36(17-15-23)25(38)18-20-6-2-1-3-7-20/h1-3,6-7,19,21-24H,4-5,8-18,30H2,(H2,32,33,34,35)/t21-,22-. The molecular formula is C29H40N8O. The average molecular weight is 517 g/mol. The first-order valence-electron chi connectivity index (χ1n) is 14.5. The molecule has 0 bridgehead atoms. The second-order valence-electron chi connectivity index (χ2n) is 11.4. The van der Waals surface area contributed by atoms with Gasteiger partial charge in [0.2, 0.25) is 11.9 Å². The van der Waals surface area contributed by atoms with E-state index in [2.05, 4.69) is 15.2 Å². The molecule has 2 saturated carbocycles. The lowest BCUT2D eigenvalue weighted by Gasteiger charge is -2.33. The quantitative estimate of drug-likeness (QED) is 0.430. The van der Waals surface area contributed by atoms with E-state index in [0.717, 1.165) is 74.2 Å². The van der Waals surface area contributed by atoms with Gasteiger partial charge in [0.15, 0.2) is 17.0 Å². The number of likely N-dealkylation sites (tertiary alicyclic amines) is 1. The van der Waals surface area contributed by atoms with Crippen LogP contribution in [-0.2, 0) is 11.2 Å². The van der Waals surface area contributed by atoms with Gasteiger partial charge in [-0.05, 0) is 56.9 Å². The van der Waals surface area contributed by atoms with Gasteiger partial charge in [-0.25, -0.2) is 4.98 Å². The first kappa shape index (κ1) is 25.1. The lowest BCUT2D eigenvalue weighted by atomic mass is 9.92. The summed E-state index contributed by atoms with van der Waals surface area (Å²) >= 11 is 0. The number of benzene rings is 1. The highest BCUT2D eigenvalue weighted by molar-refractivity contribution is 5.84. The number of nitrogens with one attached hydrogen (secondary N) is 2. The molecule has 202 valence electrons. The van der Waals surface area contributed by atoms with Crippen molar-refractivity contribution in [2.75, 3.05) is 23.7 Å². The second-order valence-corrected chi connectivity index (χ2v) is 11.4. The zero-order chi connectivity index (χ0) is 25.9. The van der Waals surface area contributed by atoms with E-state index in [9.17, 15) is 4.79 Å². The fourth-order valence-electron chi connectivity index (χ4n) is 6.33. The Balaban J connectivity index is 1.17. The molecule has 3 aliphatic rings. The van der Waals surface area contributed by atoms with Crippen LogP contribution in [0.4, 0.5) is 11.8 Å². The number of hydrogen-bond acceptors (Lipinski definition) is 7. The monoisotopic (exact) mass is 516 g/mol. The maximum Gasteiger partial charge on any atom is 0.227 e. The van der Waals surface area contributed by atoms with Crippen molar-refractivity contribution in [1.82, 2.24) is 24.4 Å². The summed E-state index contributed by atoms with van der Waals surface area (Å²) in [5.74, 6) is 1.68. The summed E-state index contributed by atoms with van der Waals surface area (Å²) in [6.07, 6.45) is 13.2. The first-order chi connectivity index (χ1) is 18.6. The van der Waals surface area contributed by atoms with Crippen molar-refractivity contribution in [3.05, 3.63) is 42.2 Å². The minimum absolute atomic E-state index is 0.202. The van der Waals surface area contributed by atoms with Crippen molar-refractivity contribution in [3.63, 3.8) is 0 Å². The summed E-state index contributed by atoms with van der Waals surface area (Å²) in [5, 5.41) is 7.31. The Morgan fingerprint density at radius 2 is 1.61 bits per heavy atom. The summed E-state index contributed by atoms with van der Waals surface area (Å²) in [6, 6.07) is 11.4. The van der Waals surface area contributed by atoms with Gasteiger partial charge in [0.1, 0.15) is 0 Å². The van der Waals surface area contributed by atoms with Gasteiger partial charge in [0, 0.05) is 37.3 Å². The number of imidazole rings is 1. The SMILES string of the molecule is N[C@H]1CC[C@H](Nc2nc(NC3CCN(C(=O)Cc4ccccc4)CC3)c3ncn(C4CCCC4)c3n2)CC1. The molecular weight excluding hydrogens is 476 g/mol. The van der Waals surface area contributed by atoms with Crippen molar-refractivity contribution in [3.8, 4) is 0 Å². The molecule has 0 atom stereocenters. The highest BCUT2D eigenvalue weighted by Gasteiger charge is 2.27. The number of rotatable bonds is 7. The van der Waals surface area contributed by atoms with Crippen LogP contribution in [0.25, 0.3) is 11.2 Å². The van der Waals surface area contributed by atoms with Gasteiger partial charge in [-0.2, -0.15) is 9.97 Å². The molecule has 2 aromatic heterocycles. The molecule has 1 aromatic carbocycles. The van der Waals surface area contributed by atoms with E-state index in [-0.39, 0.29) is 11.9 Å². The molecule has 0 radical (unpaired) electrons. The fourth-order valence-corrected chi connectivity index (χ4v) is 6.33. The number of hydrogen-bond donors (Lipinski definition) is 3. The molecule has 3 fully saturated rings. The second kappa shape index (κ2) is 11.3. The minimum atomic E-state index is 0.202. The number of anilines is 2. The topological polar surface area (TPSA) is 114 Å². The molecule has 0 unspecified atom stereocenters. The Kier molecular flexibility index (Phi) is 7.44. The van der Waals surface area contributed by atoms with E-state index in [0.29, 0.717) is 30.5 Å². The molecule has 4 N–H and O–H groups in total. The van der Waals surface area contributed by atoms with Crippen LogP contribution in [0.15, 0.2) is 36.7 Å². The Morgan fingerprint density at radius 1 is 0.895 bits per heavy atom.